The summed E-state index contributed by atoms with van der Waals surface area (Å²) < 4.78 is 17.5. The molecule has 2 bridgehead atoms. The second-order valence-electron chi connectivity index (χ2n) is 4.82. The maximum atomic E-state index is 5.84. The van der Waals surface area contributed by atoms with Gasteiger partial charge in [-0.2, -0.15) is 0 Å². The SMILES string of the molecule is c1ccc2c(c1)OC(C1CC3CCC1O3)O2. The van der Waals surface area contributed by atoms with Crippen molar-refractivity contribution in [1.29, 1.82) is 0 Å². The highest BCUT2D eigenvalue weighted by Crippen LogP contribution is 2.45. The fourth-order valence-corrected chi connectivity index (χ4v) is 3.06. The summed E-state index contributed by atoms with van der Waals surface area (Å²) in [6, 6.07) is 7.87. The number of hydrogen-bond acceptors (Lipinski definition) is 3. The van der Waals surface area contributed by atoms with Crippen LogP contribution in [0, 0.1) is 5.92 Å². The van der Waals surface area contributed by atoms with Crippen LogP contribution >= 0.6 is 0 Å². The van der Waals surface area contributed by atoms with Crippen LogP contribution in [0.1, 0.15) is 19.3 Å². The maximum Gasteiger partial charge on any atom is 0.246 e. The van der Waals surface area contributed by atoms with Gasteiger partial charge in [0.1, 0.15) is 0 Å². The van der Waals surface area contributed by atoms with Gasteiger partial charge < -0.3 is 14.2 Å². The fraction of sp³-hybridized carbons (Fsp3) is 0.538. The fourth-order valence-electron chi connectivity index (χ4n) is 3.06. The molecule has 3 unspecified atom stereocenters. The van der Waals surface area contributed by atoms with Gasteiger partial charge in [-0.25, -0.2) is 0 Å². The molecule has 3 heterocycles. The minimum absolute atomic E-state index is 0.132. The summed E-state index contributed by atoms with van der Waals surface area (Å²) in [7, 11) is 0. The Kier molecular flexibility index (Phi) is 1.74. The molecule has 84 valence electrons. The van der Waals surface area contributed by atoms with Gasteiger partial charge in [0.15, 0.2) is 11.5 Å². The molecule has 0 N–H and O–H groups in total. The number of fused-ring (bicyclic) bond motifs is 3. The second kappa shape index (κ2) is 3.14. The largest absolute Gasteiger partial charge is 0.451 e. The van der Waals surface area contributed by atoms with Gasteiger partial charge in [0.25, 0.3) is 0 Å². The highest BCUT2D eigenvalue weighted by molar-refractivity contribution is 5.41. The predicted octanol–water partition coefficient (Wildman–Crippen LogP) is 2.35. The summed E-state index contributed by atoms with van der Waals surface area (Å²) >= 11 is 0. The summed E-state index contributed by atoms with van der Waals surface area (Å²) in [4.78, 5) is 0. The lowest BCUT2D eigenvalue weighted by molar-refractivity contribution is -0.0312. The lowest BCUT2D eigenvalue weighted by Gasteiger charge is -2.23. The summed E-state index contributed by atoms with van der Waals surface area (Å²) in [5.74, 6) is 2.15. The Labute approximate surface area is 94.3 Å². The van der Waals surface area contributed by atoms with Gasteiger partial charge in [-0.15, -0.1) is 0 Å². The molecule has 2 fully saturated rings. The summed E-state index contributed by atoms with van der Waals surface area (Å²) in [6.07, 6.45) is 4.13. The molecule has 0 radical (unpaired) electrons. The molecule has 0 aromatic heterocycles. The molecule has 3 aliphatic heterocycles. The molecule has 0 aliphatic carbocycles. The number of ether oxygens (including phenoxy) is 3. The van der Waals surface area contributed by atoms with Gasteiger partial charge in [-0.05, 0) is 31.4 Å². The van der Waals surface area contributed by atoms with Crippen molar-refractivity contribution < 1.29 is 14.2 Å². The van der Waals surface area contributed by atoms with Gasteiger partial charge in [-0.3, -0.25) is 0 Å². The summed E-state index contributed by atoms with van der Waals surface area (Å²) in [6.45, 7) is 0. The molecule has 16 heavy (non-hydrogen) atoms. The minimum atomic E-state index is -0.132. The first-order valence-electron chi connectivity index (χ1n) is 5.98. The zero-order valence-electron chi connectivity index (χ0n) is 8.96. The number of benzene rings is 1. The third-order valence-electron chi connectivity index (χ3n) is 3.84. The Hall–Kier alpha value is -1.22. The molecular weight excluding hydrogens is 204 g/mol. The van der Waals surface area contributed by atoms with Crippen LogP contribution in [0.15, 0.2) is 24.3 Å². The zero-order valence-corrected chi connectivity index (χ0v) is 8.96. The Morgan fingerprint density at radius 2 is 1.75 bits per heavy atom. The van der Waals surface area contributed by atoms with Crippen LogP contribution in [-0.4, -0.2) is 18.5 Å². The normalized spacial score (nSPS) is 35.9. The minimum Gasteiger partial charge on any atom is -0.451 e. The average molecular weight is 218 g/mol. The molecule has 2 saturated heterocycles. The van der Waals surface area contributed by atoms with Gasteiger partial charge in [0.05, 0.1) is 18.1 Å². The van der Waals surface area contributed by atoms with Crippen LogP contribution in [0.5, 0.6) is 11.5 Å². The third-order valence-corrected chi connectivity index (χ3v) is 3.84. The van der Waals surface area contributed by atoms with E-state index < -0.39 is 0 Å². The first-order chi connectivity index (χ1) is 7.90. The van der Waals surface area contributed by atoms with E-state index in [0.717, 1.165) is 24.3 Å². The molecule has 0 spiro atoms. The Bertz CT molecular complexity index is 392. The Balaban J connectivity index is 1.56. The van der Waals surface area contributed by atoms with Gasteiger partial charge in [0.2, 0.25) is 6.29 Å². The maximum absolute atomic E-state index is 5.84. The van der Waals surface area contributed by atoms with E-state index in [1.54, 1.807) is 0 Å². The topological polar surface area (TPSA) is 27.7 Å². The highest BCUT2D eigenvalue weighted by Gasteiger charge is 2.48. The number of hydrogen-bond donors (Lipinski definition) is 0. The first-order valence-corrected chi connectivity index (χ1v) is 5.98. The lowest BCUT2D eigenvalue weighted by atomic mass is 9.89. The Morgan fingerprint density at radius 1 is 1.00 bits per heavy atom. The van der Waals surface area contributed by atoms with E-state index in [1.807, 2.05) is 24.3 Å². The molecule has 4 rings (SSSR count). The molecule has 0 saturated carbocycles. The van der Waals surface area contributed by atoms with E-state index in [2.05, 4.69) is 0 Å². The van der Waals surface area contributed by atoms with Crippen molar-refractivity contribution in [2.75, 3.05) is 0 Å². The predicted molar refractivity (Wildman–Crippen MR) is 57.5 cm³/mol. The summed E-state index contributed by atoms with van der Waals surface area (Å²) in [5.41, 5.74) is 0. The third kappa shape index (κ3) is 1.18. The molecule has 1 aromatic rings. The van der Waals surface area contributed by atoms with Gasteiger partial charge >= 0.3 is 0 Å². The van der Waals surface area contributed by atoms with Gasteiger partial charge in [-0.1, -0.05) is 12.1 Å². The molecule has 3 aliphatic rings. The van der Waals surface area contributed by atoms with Crippen molar-refractivity contribution in [1.82, 2.24) is 0 Å². The molecule has 0 amide bonds. The van der Waals surface area contributed by atoms with Crippen LogP contribution in [0.3, 0.4) is 0 Å². The lowest BCUT2D eigenvalue weighted by Crippen LogP contribution is -2.35. The van der Waals surface area contributed by atoms with E-state index in [0.29, 0.717) is 18.1 Å². The van der Waals surface area contributed by atoms with E-state index in [1.165, 1.54) is 6.42 Å². The van der Waals surface area contributed by atoms with Crippen molar-refractivity contribution in [3.63, 3.8) is 0 Å². The smallest absolute Gasteiger partial charge is 0.246 e. The van der Waals surface area contributed by atoms with Crippen molar-refractivity contribution >= 4 is 0 Å². The van der Waals surface area contributed by atoms with E-state index >= 15 is 0 Å². The van der Waals surface area contributed by atoms with E-state index in [9.17, 15) is 0 Å². The Morgan fingerprint density at radius 3 is 2.31 bits per heavy atom. The average Bonchev–Trinajstić information content (AvgIpc) is 3.02. The van der Waals surface area contributed by atoms with Crippen LogP contribution in [0.2, 0.25) is 0 Å². The molecule has 3 nitrogen and oxygen atoms in total. The number of rotatable bonds is 1. The van der Waals surface area contributed by atoms with Crippen LogP contribution < -0.4 is 9.47 Å². The number of para-hydroxylation sites is 2. The highest BCUT2D eigenvalue weighted by atomic mass is 16.7. The molecule has 3 heteroatoms. The van der Waals surface area contributed by atoms with Crippen molar-refractivity contribution in [3.05, 3.63) is 24.3 Å². The van der Waals surface area contributed by atoms with E-state index in [4.69, 9.17) is 14.2 Å². The first kappa shape index (κ1) is 8.88. The van der Waals surface area contributed by atoms with Gasteiger partial charge in [0, 0.05) is 0 Å². The monoisotopic (exact) mass is 218 g/mol. The van der Waals surface area contributed by atoms with Crippen LogP contribution in [-0.2, 0) is 4.74 Å². The standard InChI is InChI=1S/C13H14O3/c1-2-4-12-11(3-1)15-13(16-12)9-7-8-5-6-10(9)14-8/h1-4,8-10,13H,5-7H2. The van der Waals surface area contributed by atoms with Crippen LogP contribution in [0.4, 0.5) is 0 Å². The quantitative estimate of drug-likeness (QED) is 0.724. The van der Waals surface area contributed by atoms with E-state index in [-0.39, 0.29) is 6.29 Å². The van der Waals surface area contributed by atoms with Crippen molar-refractivity contribution in [2.24, 2.45) is 5.92 Å². The molecule has 3 atom stereocenters. The molecule has 1 aromatic carbocycles. The van der Waals surface area contributed by atoms with Crippen LogP contribution in [0.25, 0.3) is 0 Å². The second-order valence-corrected chi connectivity index (χ2v) is 4.82. The van der Waals surface area contributed by atoms with Crippen molar-refractivity contribution in [3.8, 4) is 11.5 Å². The van der Waals surface area contributed by atoms with Crippen molar-refractivity contribution in [2.45, 2.75) is 37.8 Å². The zero-order chi connectivity index (χ0) is 10.5. The molecular formula is C13H14O3. The summed E-state index contributed by atoms with van der Waals surface area (Å²) in [5, 5.41) is 0.